The molecule has 2 heterocycles. The van der Waals surface area contributed by atoms with E-state index in [9.17, 15) is 9.90 Å². The Kier molecular flexibility index (Phi) is 7.03. The number of carboxylic acid groups (broad SMARTS) is 1. The fraction of sp³-hybridized carbons (Fsp3) is 0.222. The van der Waals surface area contributed by atoms with Crippen molar-refractivity contribution in [1.29, 1.82) is 0 Å². The molecule has 0 radical (unpaired) electrons. The zero-order valence-electron chi connectivity index (χ0n) is 19.6. The van der Waals surface area contributed by atoms with Crippen LogP contribution in [0.25, 0.3) is 22.6 Å². The van der Waals surface area contributed by atoms with Crippen LogP contribution in [0, 0.1) is 13.8 Å². The van der Waals surface area contributed by atoms with E-state index < -0.39 is 5.97 Å². The predicted molar refractivity (Wildman–Crippen MR) is 134 cm³/mol. The Hall–Kier alpha value is -3.58. The van der Waals surface area contributed by atoms with Gasteiger partial charge in [0.05, 0.1) is 12.7 Å². The SMILES string of the molecule is CCc1cc(-c2cc(CSc3nc(C)cc(C)n3)c(-c3ccc(C(=O)O)cc3)o2)ccc1OC. The molecule has 4 aromatic rings. The molecule has 0 aliphatic rings. The second-order valence-corrected chi connectivity index (χ2v) is 8.89. The number of aromatic nitrogens is 2. The lowest BCUT2D eigenvalue weighted by molar-refractivity contribution is 0.0697. The average molecular weight is 475 g/mol. The van der Waals surface area contributed by atoms with Gasteiger partial charge in [0, 0.05) is 33.8 Å². The van der Waals surface area contributed by atoms with Crippen LogP contribution in [0.15, 0.2) is 64.2 Å². The number of thioether (sulfide) groups is 1. The molecule has 2 aromatic heterocycles. The molecule has 0 saturated heterocycles. The largest absolute Gasteiger partial charge is 0.496 e. The van der Waals surface area contributed by atoms with Gasteiger partial charge in [0.1, 0.15) is 17.3 Å². The fourth-order valence-corrected chi connectivity index (χ4v) is 4.71. The highest BCUT2D eigenvalue weighted by atomic mass is 32.2. The number of rotatable bonds is 8. The minimum atomic E-state index is -0.959. The van der Waals surface area contributed by atoms with E-state index in [1.54, 1.807) is 43.1 Å². The van der Waals surface area contributed by atoms with Crippen molar-refractivity contribution in [1.82, 2.24) is 9.97 Å². The summed E-state index contributed by atoms with van der Waals surface area (Å²) in [7, 11) is 1.67. The van der Waals surface area contributed by atoms with Gasteiger partial charge in [-0.2, -0.15) is 0 Å². The monoisotopic (exact) mass is 474 g/mol. The molecule has 0 saturated carbocycles. The second kappa shape index (κ2) is 10.1. The average Bonchev–Trinajstić information content (AvgIpc) is 3.26. The van der Waals surface area contributed by atoms with E-state index in [0.717, 1.165) is 51.6 Å². The minimum Gasteiger partial charge on any atom is -0.496 e. The Bertz CT molecular complexity index is 1310. The number of aryl methyl sites for hydroxylation is 3. The topological polar surface area (TPSA) is 85.5 Å². The van der Waals surface area contributed by atoms with E-state index >= 15 is 0 Å². The zero-order chi connectivity index (χ0) is 24.2. The van der Waals surface area contributed by atoms with E-state index in [1.807, 2.05) is 38.1 Å². The molecular formula is C27H26N2O4S. The van der Waals surface area contributed by atoms with Crippen molar-refractivity contribution in [2.75, 3.05) is 7.11 Å². The van der Waals surface area contributed by atoms with E-state index in [-0.39, 0.29) is 5.56 Å². The van der Waals surface area contributed by atoms with Gasteiger partial charge in [-0.15, -0.1) is 0 Å². The van der Waals surface area contributed by atoms with Gasteiger partial charge in [-0.25, -0.2) is 14.8 Å². The summed E-state index contributed by atoms with van der Waals surface area (Å²) in [6.07, 6.45) is 0.841. The Labute approximate surface area is 203 Å². The lowest BCUT2D eigenvalue weighted by Gasteiger charge is -2.08. The van der Waals surface area contributed by atoms with Crippen LogP contribution >= 0.6 is 11.8 Å². The molecule has 174 valence electrons. The molecule has 7 heteroatoms. The fourth-order valence-electron chi connectivity index (χ4n) is 3.80. The summed E-state index contributed by atoms with van der Waals surface area (Å²) in [4.78, 5) is 20.3. The predicted octanol–water partition coefficient (Wildman–Crippen LogP) is 6.58. The van der Waals surface area contributed by atoms with Gasteiger partial charge in [-0.05, 0) is 68.3 Å². The molecule has 0 spiro atoms. The molecule has 1 N–H and O–H groups in total. The smallest absolute Gasteiger partial charge is 0.335 e. The summed E-state index contributed by atoms with van der Waals surface area (Å²) in [5.74, 6) is 1.95. The third kappa shape index (κ3) is 5.15. The maximum atomic E-state index is 11.3. The Balaban J connectivity index is 1.73. The molecule has 0 aliphatic heterocycles. The molecule has 0 fully saturated rings. The van der Waals surface area contributed by atoms with Crippen LogP contribution in [0.5, 0.6) is 5.75 Å². The number of hydrogen-bond donors (Lipinski definition) is 1. The first-order valence-electron chi connectivity index (χ1n) is 11.0. The number of methoxy groups -OCH3 is 1. The van der Waals surface area contributed by atoms with E-state index in [1.165, 1.54) is 0 Å². The summed E-state index contributed by atoms with van der Waals surface area (Å²) in [5.41, 5.74) is 5.95. The molecule has 0 amide bonds. The van der Waals surface area contributed by atoms with E-state index in [0.29, 0.717) is 16.7 Å². The van der Waals surface area contributed by atoms with Crippen molar-refractivity contribution in [2.45, 2.75) is 38.1 Å². The van der Waals surface area contributed by atoms with Crippen LogP contribution < -0.4 is 4.74 Å². The molecule has 4 rings (SSSR count). The highest BCUT2D eigenvalue weighted by Crippen LogP contribution is 2.37. The molecule has 6 nitrogen and oxygen atoms in total. The first kappa shape index (κ1) is 23.6. The molecule has 34 heavy (non-hydrogen) atoms. The highest BCUT2D eigenvalue weighted by molar-refractivity contribution is 7.98. The van der Waals surface area contributed by atoms with Crippen LogP contribution in [-0.2, 0) is 12.2 Å². The van der Waals surface area contributed by atoms with Crippen LogP contribution in [0.1, 0.15) is 39.8 Å². The summed E-state index contributed by atoms with van der Waals surface area (Å²) in [6, 6.07) is 16.7. The van der Waals surface area contributed by atoms with Crippen molar-refractivity contribution in [3.63, 3.8) is 0 Å². The molecular weight excluding hydrogens is 448 g/mol. The summed E-state index contributed by atoms with van der Waals surface area (Å²) in [6.45, 7) is 6.00. The third-order valence-electron chi connectivity index (χ3n) is 5.47. The van der Waals surface area contributed by atoms with Gasteiger partial charge in [0.2, 0.25) is 0 Å². The number of hydrogen-bond acceptors (Lipinski definition) is 6. The van der Waals surface area contributed by atoms with Crippen LogP contribution in [-0.4, -0.2) is 28.2 Å². The number of nitrogens with zero attached hydrogens (tertiary/aromatic N) is 2. The van der Waals surface area contributed by atoms with Gasteiger partial charge in [0.15, 0.2) is 5.16 Å². The number of carbonyl (C=O) groups is 1. The summed E-state index contributed by atoms with van der Waals surface area (Å²) >= 11 is 1.54. The number of carboxylic acids is 1. The highest BCUT2D eigenvalue weighted by Gasteiger charge is 2.17. The van der Waals surface area contributed by atoms with Gasteiger partial charge < -0.3 is 14.3 Å². The van der Waals surface area contributed by atoms with Crippen LogP contribution in [0.2, 0.25) is 0 Å². The quantitative estimate of drug-likeness (QED) is 0.228. The third-order valence-corrected chi connectivity index (χ3v) is 6.36. The Morgan fingerprint density at radius 3 is 2.26 bits per heavy atom. The van der Waals surface area contributed by atoms with Crippen molar-refractivity contribution in [3.8, 4) is 28.4 Å². The second-order valence-electron chi connectivity index (χ2n) is 7.95. The maximum Gasteiger partial charge on any atom is 0.335 e. The molecule has 0 aliphatic carbocycles. The van der Waals surface area contributed by atoms with Gasteiger partial charge in [-0.1, -0.05) is 30.8 Å². The van der Waals surface area contributed by atoms with Crippen molar-refractivity contribution in [3.05, 3.63) is 82.7 Å². The number of benzene rings is 2. The Morgan fingerprint density at radius 1 is 0.971 bits per heavy atom. The van der Waals surface area contributed by atoms with Crippen molar-refractivity contribution < 1.29 is 19.1 Å². The normalized spacial score (nSPS) is 10.9. The van der Waals surface area contributed by atoms with E-state index in [2.05, 4.69) is 23.0 Å². The number of aromatic carboxylic acids is 1. The summed E-state index contributed by atoms with van der Waals surface area (Å²) in [5, 5.41) is 9.96. The zero-order valence-corrected chi connectivity index (χ0v) is 20.4. The maximum absolute atomic E-state index is 11.3. The molecule has 2 aromatic carbocycles. The summed E-state index contributed by atoms with van der Waals surface area (Å²) < 4.78 is 11.8. The van der Waals surface area contributed by atoms with Crippen molar-refractivity contribution in [2.24, 2.45) is 0 Å². The molecule has 0 unspecified atom stereocenters. The van der Waals surface area contributed by atoms with Gasteiger partial charge in [0.25, 0.3) is 0 Å². The van der Waals surface area contributed by atoms with Gasteiger partial charge in [-0.3, -0.25) is 0 Å². The van der Waals surface area contributed by atoms with Crippen LogP contribution in [0.3, 0.4) is 0 Å². The molecule has 0 atom stereocenters. The first-order valence-corrected chi connectivity index (χ1v) is 11.9. The Morgan fingerprint density at radius 2 is 1.65 bits per heavy atom. The number of furan rings is 1. The van der Waals surface area contributed by atoms with Gasteiger partial charge >= 0.3 is 5.97 Å². The molecule has 0 bridgehead atoms. The van der Waals surface area contributed by atoms with Crippen molar-refractivity contribution >= 4 is 17.7 Å². The van der Waals surface area contributed by atoms with Crippen LogP contribution in [0.4, 0.5) is 0 Å². The van der Waals surface area contributed by atoms with E-state index in [4.69, 9.17) is 9.15 Å². The number of ether oxygens (including phenoxy) is 1. The first-order chi connectivity index (χ1) is 16.4. The lowest BCUT2D eigenvalue weighted by Crippen LogP contribution is -1.95. The lowest BCUT2D eigenvalue weighted by atomic mass is 10.0. The standard InChI is InChI=1S/C27H26N2O4S/c1-5-18-13-21(10-11-23(18)32-4)24-14-22(15-34-27-28-16(2)12-17(3)29-27)25(33-24)19-6-8-20(9-7-19)26(30)31/h6-14H,5,15H2,1-4H3,(H,30,31). The minimum absolute atomic E-state index is 0.234.